The van der Waals surface area contributed by atoms with Crippen molar-refractivity contribution in [1.82, 2.24) is 9.97 Å². The number of aromatic nitrogens is 2. The van der Waals surface area contributed by atoms with Crippen LogP contribution < -0.4 is 5.32 Å². The zero-order valence-corrected chi connectivity index (χ0v) is 11.5. The van der Waals surface area contributed by atoms with Gasteiger partial charge >= 0.3 is 0 Å². The van der Waals surface area contributed by atoms with Crippen molar-refractivity contribution in [3.05, 3.63) is 5.69 Å². The number of aliphatic hydroxyl groups excluding tert-OH is 1. The minimum absolute atomic E-state index is 0.211. The third kappa shape index (κ3) is 3.26. The van der Waals surface area contributed by atoms with Crippen LogP contribution in [-0.2, 0) is 6.42 Å². The highest BCUT2D eigenvalue weighted by Crippen LogP contribution is 2.35. The fourth-order valence-corrected chi connectivity index (χ4v) is 3.15. The van der Waals surface area contributed by atoms with Gasteiger partial charge in [0.1, 0.15) is 5.82 Å². The van der Waals surface area contributed by atoms with Gasteiger partial charge in [0.25, 0.3) is 0 Å². The third-order valence-electron chi connectivity index (χ3n) is 2.53. The van der Waals surface area contributed by atoms with Crippen LogP contribution in [0.5, 0.6) is 0 Å². The van der Waals surface area contributed by atoms with Crippen LogP contribution in [0.4, 0.5) is 5.82 Å². The summed E-state index contributed by atoms with van der Waals surface area (Å²) in [5.74, 6) is 2.08. The lowest BCUT2D eigenvalue weighted by atomic mass is 10.2. The number of nitrogens with one attached hydrogen (secondary N) is 1. The van der Waals surface area contributed by atoms with Crippen LogP contribution in [0.3, 0.4) is 0 Å². The van der Waals surface area contributed by atoms with E-state index < -0.39 is 0 Å². The quantitative estimate of drug-likeness (QED) is 0.485. The van der Waals surface area contributed by atoms with E-state index >= 15 is 0 Å². The van der Waals surface area contributed by atoms with Crippen molar-refractivity contribution in [3.63, 3.8) is 0 Å². The van der Waals surface area contributed by atoms with E-state index in [2.05, 4.69) is 15.3 Å². The van der Waals surface area contributed by atoms with Crippen LogP contribution >= 0.6 is 23.5 Å². The van der Waals surface area contributed by atoms with E-state index in [9.17, 15) is 0 Å². The van der Waals surface area contributed by atoms with Gasteiger partial charge in [0, 0.05) is 13.2 Å². The molecule has 0 unspecified atom stereocenters. The lowest BCUT2D eigenvalue weighted by Crippen LogP contribution is -2.12. The standard InChI is InChI=1S/C11H17N3OS2/c1-16-11-13-8-4-2-7-17-9(8)10(14-11)12-5-3-6-15/h15H,2-7H2,1H3,(H,12,13,14). The second kappa shape index (κ2) is 6.47. The summed E-state index contributed by atoms with van der Waals surface area (Å²) in [5, 5.41) is 12.9. The van der Waals surface area contributed by atoms with Gasteiger partial charge in [0.15, 0.2) is 5.16 Å². The number of anilines is 1. The Morgan fingerprint density at radius 3 is 3.12 bits per heavy atom. The molecule has 0 aliphatic carbocycles. The van der Waals surface area contributed by atoms with Crippen LogP contribution in [0.15, 0.2) is 10.1 Å². The number of aliphatic hydroxyl groups is 1. The predicted molar refractivity (Wildman–Crippen MR) is 73.1 cm³/mol. The van der Waals surface area contributed by atoms with E-state index in [0.29, 0.717) is 0 Å². The summed E-state index contributed by atoms with van der Waals surface area (Å²) in [7, 11) is 0. The molecule has 2 rings (SSSR count). The molecule has 0 aromatic carbocycles. The SMILES string of the molecule is CSc1nc2c(c(NCCCO)n1)SCCC2. The monoisotopic (exact) mass is 271 g/mol. The van der Waals surface area contributed by atoms with E-state index in [4.69, 9.17) is 5.11 Å². The summed E-state index contributed by atoms with van der Waals surface area (Å²) >= 11 is 3.41. The summed E-state index contributed by atoms with van der Waals surface area (Å²) < 4.78 is 0. The smallest absolute Gasteiger partial charge is 0.189 e. The molecule has 0 amide bonds. The molecule has 94 valence electrons. The molecule has 1 aliphatic heterocycles. The van der Waals surface area contributed by atoms with Crippen LogP contribution in [0, 0.1) is 0 Å². The van der Waals surface area contributed by atoms with Crippen LogP contribution in [0.1, 0.15) is 18.5 Å². The highest BCUT2D eigenvalue weighted by Gasteiger charge is 2.17. The minimum Gasteiger partial charge on any atom is -0.396 e. The molecular weight excluding hydrogens is 254 g/mol. The van der Waals surface area contributed by atoms with E-state index in [-0.39, 0.29) is 6.61 Å². The van der Waals surface area contributed by atoms with E-state index in [0.717, 1.165) is 36.1 Å². The molecule has 0 radical (unpaired) electrons. The number of fused-ring (bicyclic) bond motifs is 1. The zero-order chi connectivity index (χ0) is 12.1. The molecule has 0 saturated carbocycles. The Labute approximate surface area is 110 Å². The molecule has 0 atom stereocenters. The van der Waals surface area contributed by atoms with Gasteiger partial charge in [-0.3, -0.25) is 0 Å². The Bertz CT molecular complexity index is 387. The zero-order valence-electron chi connectivity index (χ0n) is 9.90. The molecule has 4 nitrogen and oxygen atoms in total. The first-order valence-electron chi connectivity index (χ1n) is 5.77. The Balaban J connectivity index is 2.21. The number of hydrogen-bond donors (Lipinski definition) is 2. The first kappa shape index (κ1) is 13.0. The fraction of sp³-hybridized carbons (Fsp3) is 0.636. The highest BCUT2D eigenvalue weighted by atomic mass is 32.2. The molecule has 0 saturated heterocycles. The molecule has 1 aromatic heterocycles. The molecule has 0 fully saturated rings. The van der Waals surface area contributed by atoms with Gasteiger partial charge in [-0.1, -0.05) is 11.8 Å². The Hall–Kier alpha value is -0.460. The Morgan fingerprint density at radius 2 is 2.35 bits per heavy atom. The van der Waals surface area contributed by atoms with E-state index in [1.165, 1.54) is 17.0 Å². The number of hydrogen-bond acceptors (Lipinski definition) is 6. The summed E-state index contributed by atoms with van der Waals surface area (Å²) in [6.45, 7) is 0.969. The second-order valence-corrected chi connectivity index (χ2v) is 5.67. The third-order valence-corrected chi connectivity index (χ3v) is 4.29. The first-order chi connectivity index (χ1) is 8.35. The minimum atomic E-state index is 0.211. The molecule has 0 spiro atoms. The van der Waals surface area contributed by atoms with Gasteiger partial charge in [-0.2, -0.15) is 0 Å². The number of nitrogens with zero attached hydrogens (tertiary/aromatic N) is 2. The van der Waals surface area contributed by atoms with Crippen molar-refractivity contribution in [2.45, 2.75) is 29.3 Å². The maximum absolute atomic E-state index is 8.80. The van der Waals surface area contributed by atoms with Crippen molar-refractivity contribution in [1.29, 1.82) is 0 Å². The maximum Gasteiger partial charge on any atom is 0.189 e. The topological polar surface area (TPSA) is 58.0 Å². The Morgan fingerprint density at radius 1 is 1.47 bits per heavy atom. The van der Waals surface area contributed by atoms with Gasteiger partial charge < -0.3 is 10.4 Å². The summed E-state index contributed by atoms with van der Waals surface area (Å²) in [6, 6.07) is 0. The van der Waals surface area contributed by atoms with Crippen molar-refractivity contribution >= 4 is 29.3 Å². The van der Waals surface area contributed by atoms with Crippen molar-refractivity contribution < 1.29 is 5.11 Å². The van der Waals surface area contributed by atoms with Gasteiger partial charge in [-0.05, 0) is 31.3 Å². The molecular formula is C11H17N3OS2. The summed E-state index contributed by atoms with van der Waals surface area (Å²) in [4.78, 5) is 10.3. The maximum atomic E-state index is 8.80. The van der Waals surface area contributed by atoms with Crippen molar-refractivity contribution in [3.8, 4) is 0 Å². The average Bonchev–Trinajstić information content (AvgIpc) is 2.38. The lowest BCUT2D eigenvalue weighted by Gasteiger charge is -2.18. The molecule has 17 heavy (non-hydrogen) atoms. The van der Waals surface area contributed by atoms with Crippen molar-refractivity contribution in [2.24, 2.45) is 0 Å². The van der Waals surface area contributed by atoms with Gasteiger partial charge in [0.2, 0.25) is 0 Å². The van der Waals surface area contributed by atoms with E-state index in [1.54, 1.807) is 11.8 Å². The lowest BCUT2D eigenvalue weighted by molar-refractivity contribution is 0.292. The van der Waals surface area contributed by atoms with Gasteiger partial charge in [0.05, 0.1) is 10.6 Å². The summed E-state index contributed by atoms with van der Waals surface area (Å²) in [5.41, 5.74) is 1.17. The molecule has 1 aliphatic rings. The largest absolute Gasteiger partial charge is 0.396 e. The molecule has 1 aromatic rings. The van der Waals surface area contributed by atoms with Crippen LogP contribution in [-0.4, -0.2) is 40.2 Å². The average molecular weight is 271 g/mol. The normalized spacial score (nSPS) is 14.5. The molecule has 6 heteroatoms. The summed E-state index contributed by atoms with van der Waals surface area (Å²) in [6.07, 6.45) is 4.99. The number of thioether (sulfide) groups is 2. The van der Waals surface area contributed by atoms with E-state index in [1.807, 2.05) is 18.0 Å². The van der Waals surface area contributed by atoms with Crippen molar-refractivity contribution in [2.75, 3.05) is 30.5 Å². The first-order valence-corrected chi connectivity index (χ1v) is 7.98. The fourth-order valence-electron chi connectivity index (χ4n) is 1.71. The molecule has 0 bridgehead atoms. The van der Waals surface area contributed by atoms with Gasteiger partial charge in [-0.15, -0.1) is 11.8 Å². The van der Waals surface area contributed by atoms with Gasteiger partial charge in [-0.25, -0.2) is 9.97 Å². The predicted octanol–water partition coefficient (Wildman–Crippen LogP) is 2.03. The second-order valence-electron chi connectivity index (χ2n) is 3.79. The van der Waals surface area contributed by atoms with Crippen LogP contribution in [0.25, 0.3) is 0 Å². The Kier molecular flexibility index (Phi) is 4.94. The number of rotatable bonds is 5. The number of aryl methyl sites for hydroxylation is 1. The molecule has 2 heterocycles. The van der Waals surface area contributed by atoms with Crippen LogP contribution in [0.2, 0.25) is 0 Å². The molecule has 2 N–H and O–H groups in total. The highest BCUT2D eigenvalue weighted by molar-refractivity contribution is 7.99.